The Morgan fingerprint density at radius 2 is 2.04 bits per heavy atom. The van der Waals surface area contributed by atoms with E-state index in [0.717, 1.165) is 45.0 Å². The Labute approximate surface area is 148 Å². The number of likely N-dealkylation sites (tertiary alicyclic amines) is 2. The maximum absolute atomic E-state index is 14.0. The van der Waals surface area contributed by atoms with E-state index in [9.17, 15) is 13.6 Å². The number of rotatable bonds is 4. The van der Waals surface area contributed by atoms with E-state index in [1.54, 1.807) is 11.0 Å². The van der Waals surface area contributed by atoms with E-state index in [0.29, 0.717) is 6.54 Å². The van der Waals surface area contributed by atoms with Crippen molar-refractivity contribution in [3.05, 3.63) is 47.0 Å². The molecule has 25 heavy (non-hydrogen) atoms. The molecule has 2 heterocycles. The summed E-state index contributed by atoms with van der Waals surface area (Å²) in [4.78, 5) is 17.1. The van der Waals surface area contributed by atoms with Gasteiger partial charge in [0, 0.05) is 31.7 Å². The molecule has 0 radical (unpaired) electrons. The van der Waals surface area contributed by atoms with Crippen LogP contribution in [0.2, 0.25) is 0 Å². The fourth-order valence-electron chi connectivity index (χ4n) is 3.98. The first kappa shape index (κ1) is 18.1. The lowest BCUT2D eigenvalue weighted by atomic mass is 9.78. The van der Waals surface area contributed by atoms with Gasteiger partial charge in [0.1, 0.15) is 0 Å². The first-order valence-corrected chi connectivity index (χ1v) is 8.99. The summed E-state index contributed by atoms with van der Waals surface area (Å²) in [7, 11) is 0. The Morgan fingerprint density at radius 1 is 1.24 bits per heavy atom. The Kier molecular flexibility index (Phi) is 5.23. The minimum Gasteiger partial charge on any atom is -0.338 e. The fourth-order valence-corrected chi connectivity index (χ4v) is 3.98. The summed E-state index contributed by atoms with van der Waals surface area (Å²) in [5.41, 5.74) is 1.18. The molecule has 0 N–H and O–H groups in total. The molecule has 0 aliphatic carbocycles. The van der Waals surface area contributed by atoms with Gasteiger partial charge < -0.3 is 4.90 Å². The normalized spacial score (nSPS) is 24.2. The molecule has 3 nitrogen and oxygen atoms in total. The van der Waals surface area contributed by atoms with Crippen LogP contribution in [0, 0.1) is 17.0 Å². The zero-order valence-electron chi connectivity index (χ0n) is 15.0. The number of nitrogens with zero attached hydrogens (tertiary/aromatic N) is 2. The van der Waals surface area contributed by atoms with Gasteiger partial charge in [-0.1, -0.05) is 23.8 Å². The van der Waals surface area contributed by atoms with Gasteiger partial charge >= 0.3 is 0 Å². The molecule has 136 valence electrons. The van der Waals surface area contributed by atoms with Crippen LogP contribution in [-0.4, -0.2) is 41.9 Å². The predicted octanol–water partition coefficient (Wildman–Crippen LogP) is 3.75. The minimum absolute atomic E-state index is 0.0992. The molecule has 0 saturated carbocycles. The maximum Gasteiger partial charge on any atom is 0.230 e. The Hall–Kier alpha value is -1.75. The molecular formula is C20H26F2N2O. The third-order valence-corrected chi connectivity index (χ3v) is 5.41. The zero-order valence-corrected chi connectivity index (χ0v) is 15.0. The van der Waals surface area contributed by atoms with Gasteiger partial charge in [-0.15, -0.1) is 0 Å². The highest BCUT2D eigenvalue weighted by atomic mass is 19.2. The van der Waals surface area contributed by atoms with Gasteiger partial charge in [-0.2, -0.15) is 0 Å². The van der Waals surface area contributed by atoms with Gasteiger partial charge in [0.2, 0.25) is 5.91 Å². The summed E-state index contributed by atoms with van der Waals surface area (Å²) >= 11 is 0. The second-order valence-corrected chi connectivity index (χ2v) is 7.59. The highest BCUT2D eigenvalue weighted by Gasteiger charge is 2.48. The Morgan fingerprint density at radius 3 is 2.80 bits per heavy atom. The molecule has 2 aliphatic heterocycles. The molecule has 2 aliphatic rings. The second-order valence-electron chi connectivity index (χ2n) is 7.59. The monoisotopic (exact) mass is 348 g/mol. The van der Waals surface area contributed by atoms with Gasteiger partial charge in [-0.3, -0.25) is 9.69 Å². The predicted molar refractivity (Wildman–Crippen MR) is 93.9 cm³/mol. The molecule has 1 amide bonds. The second kappa shape index (κ2) is 7.24. The van der Waals surface area contributed by atoms with Crippen LogP contribution in [0.5, 0.6) is 0 Å². The molecule has 1 aromatic carbocycles. The summed E-state index contributed by atoms with van der Waals surface area (Å²) in [6.07, 6.45) is 4.84. The van der Waals surface area contributed by atoms with E-state index in [1.165, 1.54) is 11.6 Å². The smallest absolute Gasteiger partial charge is 0.230 e. The highest BCUT2D eigenvalue weighted by Crippen LogP contribution is 2.40. The Bertz CT molecular complexity index is 684. The van der Waals surface area contributed by atoms with Crippen molar-refractivity contribution in [2.24, 2.45) is 5.41 Å². The van der Waals surface area contributed by atoms with Crippen molar-refractivity contribution in [2.45, 2.75) is 39.7 Å². The summed E-state index contributed by atoms with van der Waals surface area (Å²) in [5, 5.41) is 0. The van der Waals surface area contributed by atoms with Crippen molar-refractivity contribution in [3.8, 4) is 0 Å². The number of carbonyl (C=O) groups excluding carboxylic acids is 1. The van der Waals surface area contributed by atoms with Gasteiger partial charge in [0.05, 0.1) is 5.41 Å². The zero-order chi connectivity index (χ0) is 18.0. The van der Waals surface area contributed by atoms with Crippen LogP contribution >= 0.6 is 0 Å². The van der Waals surface area contributed by atoms with E-state index < -0.39 is 11.6 Å². The number of benzene rings is 1. The first-order chi connectivity index (χ1) is 11.9. The Balaban J connectivity index is 1.71. The lowest BCUT2D eigenvalue weighted by Gasteiger charge is -2.39. The van der Waals surface area contributed by atoms with Crippen LogP contribution in [0.1, 0.15) is 38.7 Å². The van der Waals surface area contributed by atoms with Crippen molar-refractivity contribution < 1.29 is 13.6 Å². The van der Waals surface area contributed by atoms with Crippen LogP contribution in [0.4, 0.5) is 8.78 Å². The topological polar surface area (TPSA) is 23.6 Å². The molecule has 1 aromatic rings. The quantitative estimate of drug-likeness (QED) is 0.774. The van der Waals surface area contributed by atoms with Crippen molar-refractivity contribution in [1.29, 1.82) is 0 Å². The molecule has 3 rings (SSSR count). The average Bonchev–Trinajstić information content (AvgIpc) is 2.98. The molecule has 1 unspecified atom stereocenters. The van der Waals surface area contributed by atoms with Crippen molar-refractivity contribution >= 4 is 5.91 Å². The van der Waals surface area contributed by atoms with E-state index in [4.69, 9.17) is 0 Å². The maximum atomic E-state index is 14.0. The lowest BCUT2D eigenvalue weighted by molar-refractivity contribution is -0.146. The third-order valence-electron chi connectivity index (χ3n) is 5.41. The number of carbonyl (C=O) groups is 1. The summed E-state index contributed by atoms with van der Waals surface area (Å²) in [5.74, 6) is -1.60. The van der Waals surface area contributed by atoms with Crippen LogP contribution < -0.4 is 0 Å². The SMILES string of the molecule is CC(C)=CCN1CCC2(CCCN(Cc3cccc(F)c3F)C2=O)C1. The molecule has 0 aromatic heterocycles. The van der Waals surface area contributed by atoms with Gasteiger partial charge in [-0.25, -0.2) is 8.78 Å². The number of hydrogen-bond donors (Lipinski definition) is 0. The van der Waals surface area contributed by atoms with Crippen LogP contribution in [0.3, 0.4) is 0 Å². The molecule has 0 bridgehead atoms. The van der Waals surface area contributed by atoms with Gasteiger partial charge in [0.25, 0.3) is 0 Å². The number of allylic oxidation sites excluding steroid dienone is 1. The van der Waals surface area contributed by atoms with Gasteiger partial charge in [0.15, 0.2) is 11.6 Å². The van der Waals surface area contributed by atoms with Crippen molar-refractivity contribution in [1.82, 2.24) is 9.80 Å². The van der Waals surface area contributed by atoms with Crippen LogP contribution in [-0.2, 0) is 11.3 Å². The van der Waals surface area contributed by atoms with Crippen LogP contribution in [0.25, 0.3) is 0 Å². The summed E-state index contributed by atoms with van der Waals surface area (Å²) in [6.45, 7) is 7.47. The van der Waals surface area contributed by atoms with E-state index >= 15 is 0 Å². The van der Waals surface area contributed by atoms with E-state index in [-0.39, 0.29) is 23.4 Å². The molecule has 1 atom stereocenters. The minimum atomic E-state index is -0.856. The summed E-state index contributed by atoms with van der Waals surface area (Å²) in [6, 6.07) is 4.16. The number of amides is 1. The first-order valence-electron chi connectivity index (χ1n) is 8.99. The molecule has 5 heteroatoms. The number of halogens is 2. The summed E-state index contributed by atoms with van der Waals surface area (Å²) < 4.78 is 27.4. The van der Waals surface area contributed by atoms with Crippen molar-refractivity contribution in [2.75, 3.05) is 26.2 Å². The van der Waals surface area contributed by atoms with Crippen molar-refractivity contribution in [3.63, 3.8) is 0 Å². The third kappa shape index (κ3) is 3.76. The molecule has 1 spiro atoms. The fraction of sp³-hybridized carbons (Fsp3) is 0.550. The van der Waals surface area contributed by atoms with Crippen LogP contribution in [0.15, 0.2) is 29.8 Å². The standard InChI is InChI=1S/C20H26F2N2O/c1-15(2)7-11-23-12-9-20(14-23)8-4-10-24(19(20)25)13-16-5-3-6-17(21)18(16)22/h3,5-7H,4,8-14H2,1-2H3. The number of piperidine rings is 1. The molecule has 2 fully saturated rings. The number of hydrogen-bond acceptors (Lipinski definition) is 2. The van der Waals surface area contributed by atoms with E-state index in [2.05, 4.69) is 24.8 Å². The highest BCUT2D eigenvalue weighted by molar-refractivity contribution is 5.84. The molecule has 2 saturated heterocycles. The molecular weight excluding hydrogens is 322 g/mol. The van der Waals surface area contributed by atoms with E-state index in [1.807, 2.05) is 0 Å². The largest absolute Gasteiger partial charge is 0.338 e. The van der Waals surface area contributed by atoms with Gasteiger partial charge in [-0.05, 0) is 45.7 Å². The average molecular weight is 348 g/mol. The lowest BCUT2D eigenvalue weighted by Crippen LogP contribution is -2.49.